The molecule has 0 aromatic heterocycles. The highest BCUT2D eigenvalue weighted by molar-refractivity contribution is 5.88. The Balaban J connectivity index is 2.21. The monoisotopic (exact) mass is 396 g/mol. The third-order valence-corrected chi connectivity index (χ3v) is 4.71. The van der Waals surface area contributed by atoms with E-state index < -0.39 is 6.04 Å². The molecule has 0 saturated carbocycles. The van der Waals surface area contributed by atoms with Crippen molar-refractivity contribution in [2.24, 2.45) is 0 Å². The predicted molar refractivity (Wildman–Crippen MR) is 116 cm³/mol. The Labute approximate surface area is 174 Å². The first-order chi connectivity index (χ1) is 13.8. The molecule has 0 aliphatic rings. The zero-order valence-corrected chi connectivity index (χ0v) is 18.1. The third-order valence-electron chi connectivity index (χ3n) is 4.71. The van der Waals surface area contributed by atoms with Gasteiger partial charge in [-0.3, -0.25) is 9.59 Å². The van der Waals surface area contributed by atoms with Crippen LogP contribution in [0.1, 0.15) is 43.9 Å². The Morgan fingerprint density at radius 3 is 2.38 bits per heavy atom. The molecule has 156 valence electrons. The predicted octanol–water partition coefficient (Wildman–Crippen LogP) is 4.01. The normalized spacial score (nSPS) is 11.8. The van der Waals surface area contributed by atoms with Crippen molar-refractivity contribution >= 4 is 11.8 Å². The number of rotatable bonds is 9. The summed E-state index contributed by atoms with van der Waals surface area (Å²) in [5.41, 5.74) is 3.02. The molecule has 1 unspecified atom stereocenters. The zero-order chi connectivity index (χ0) is 21.4. The van der Waals surface area contributed by atoms with E-state index in [9.17, 15) is 9.59 Å². The van der Waals surface area contributed by atoms with Crippen LogP contribution >= 0.6 is 0 Å². The van der Waals surface area contributed by atoms with Crippen molar-refractivity contribution in [3.05, 3.63) is 65.2 Å². The lowest BCUT2D eigenvalue weighted by atomic mass is 10.1. The molecule has 0 fully saturated rings. The molecule has 2 aromatic carbocycles. The number of amides is 2. The summed E-state index contributed by atoms with van der Waals surface area (Å²) in [6, 6.07) is 15.1. The summed E-state index contributed by atoms with van der Waals surface area (Å²) < 4.78 is 5.83. The Bertz CT molecular complexity index is 818. The molecule has 5 heteroatoms. The van der Waals surface area contributed by atoms with Gasteiger partial charge in [-0.25, -0.2) is 0 Å². The van der Waals surface area contributed by atoms with Gasteiger partial charge in [0.2, 0.25) is 5.91 Å². The van der Waals surface area contributed by atoms with Crippen molar-refractivity contribution in [3.63, 3.8) is 0 Å². The van der Waals surface area contributed by atoms with Gasteiger partial charge in [0.15, 0.2) is 6.61 Å². The lowest BCUT2D eigenvalue weighted by Gasteiger charge is -2.31. The van der Waals surface area contributed by atoms with Crippen LogP contribution in [0.25, 0.3) is 0 Å². The van der Waals surface area contributed by atoms with Gasteiger partial charge in [0.1, 0.15) is 11.8 Å². The van der Waals surface area contributed by atoms with E-state index in [1.165, 1.54) is 0 Å². The highest BCUT2D eigenvalue weighted by Gasteiger charge is 2.29. The Hall–Kier alpha value is -2.82. The first-order valence-electron chi connectivity index (χ1n) is 10.2. The fourth-order valence-corrected chi connectivity index (χ4v) is 3.17. The Morgan fingerprint density at radius 2 is 1.76 bits per heavy atom. The highest BCUT2D eigenvalue weighted by Crippen LogP contribution is 2.20. The lowest BCUT2D eigenvalue weighted by molar-refractivity contribution is -0.143. The summed E-state index contributed by atoms with van der Waals surface area (Å²) in [4.78, 5) is 27.5. The van der Waals surface area contributed by atoms with Gasteiger partial charge < -0.3 is 15.0 Å². The van der Waals surface area contributed by atoms with E-state index in [2.05, 4.69) is 5.32 Å². The molecule has 5 nitrogen and oxygen atoms in total. The first-order valence-corrected chi connectivity index (χ1v) is 10.2. The molecule has 1 atom stereocenters. The number of aryl methyl sites for hydroxylation is 2. The maximum absolute atomic E-state index is 13.1. The summed E-state index contributed by atoms with van der Waals surface area (Å²) in [5, 5.41) is 2.93. The second-order valence-corrected chi connectivity index (χ2v) is 7.65. The first kappa shape index (κ1) is 22.5. The van der Waals surface area contributed by atoms with Gasteiger partial charge in [0.05, 0.1) is 0 Å². The van der Waals surface area contributed by atoms with Crippen LogP contribution in [0.15, 0.2) is 48.5 Å². The average Bonchev–Trinajstić information content (AvgIpc) is 2.68. The van der Waals surface area contributed by atoms with Crippen molar-refractivity contribution in [1.82, 2.24) is 10.2 Å². The Morgan fingerprint density at radius 1 is 1.07 bits per heavy atom. The molecule has 2 amide bonds. The van der Waals surface area contributed by atoms with Crippen molar-refractivity contribution in [2.45, 2.75) is 59.7 Å². The molecule has 0 aliphatic heterocycles. The number of carbonyl (C=O) groups excluding carboxylic acids is 2. The van der Waals surface area contributed by atoms with Gasteiger partial charge in [-0.15, -0.1) is 0 Å². The molecule has 0 radical (unpaired) electrons. The number of ether oxygens (including phenoxy) is 1. The van der Waals surface area contributed by atoms with Crippen molar-refractivity contribution in [1.29, 1.82) is 0 Å². The van der Waals surface area contributed by atoms with Crippen LogP contribution in [0.4, 0.5) is 0 Å². The van der Waals surface area contributed by atoms with E-state index in [0.29, 0.717) is 18.7 Å². The van der Waals surface area contributed by atoms with Crippen LogP contribution in [0, 0.1) is 13.8 Å². The minimum atomic E-state index is -0.549. The van der Waals surface area contributed by atoms with E-state index in [0.717, 1.165) is 16.7 Å². The zero-order valence-electron chi connectivity index (χ0n) is 18.1. The van der Waals surface area contributed by atoms with Crippen LogP contribution < -0.4 is 10.1 Å². The molecular formula is C24H32N2O3. The summed E-state index contributed by atoms with van der Waals surface area (Å²) in [6.07, 6.45) is 0.528. The molecule has 29 heavy (non-hydrogen) atoms. The second-order valence-electron chi connectivity index (χ2n) is 7.65. The Kier molecular flexibility index (Phi) is 8.25. The number of nitrogens with one attached hydrogen (secondary N) is 1. The summed E-state index contributed by atoms with van der Waals surface area (Å²) >= 11 is 0. The van der Waals surface area contributed by atoms with Gasteiger partial charge in [0.25, 0.3) is 5.91 Å². The van der Waals surface area contributed by atoms with Gasteiger partial charge >= 0.3 is 0 Å². The summed E-state index contributed by atoms with van der Waals surface area (Å²) in [5.74, 6) is 0.344. The number of nitrogens with zero attached hydrogens (tertiary/aromatic N) is 1. The molecule has 2 aromatic rings. The largest absolute Gasteiger partial charge is 0.483 e. The maximum Gasteiger partial charge on any atom is 0.261 e. The van der Waals surface area contributed by atoms with Crippen LogP contribution in [0.5, 0.6) is 5.75 Å². The van der Waals surface area contributed by atoms with E-state index >= 15 is 0 Å². The van der Waals surface area contributed by atoms with Crippen molar-refractivity contribution in [2.75, 3.05) is 6.61 Å². The number of hydrogen-bond donors (Lipinski definition) is 1. The van der Waals surface area contributed by atoms with Gasteiger partial charge in [-0.1, -0.05) is 49.4 Å². The highest BCUT2D eigenvalue weighted by atomic mass is 16.5. The SMILES string of the molecule is CCC(C(=O)NC(C)C)N(Cc1ccccc1)C(=O)COc1cc(C)ccc1C. The molecule has 2 rings (SSSR count). The van der Waals surface area contributed by atoms with Crippen molar-refractivity contribution in [3.8, 4) is 5.75 Å². The fourth-order valence-electron chi connectivity index (χ4n) is 3.17. The minimum Gasteiger partial charge on any atom is -0.483 e. The van der Waals surface area contributed by atoms with Crippen LogP contribution in [0.2, 0.25) is 0 Å². The second kappa shape index (κ2) is 10.6. The van der Waals surface area contributed by atoms with Crippen LogP contribution in [-0.2, 0) is 16.1 Å². The summed E-state index contributed by atoms with van der Waals surface area (Å²) in [7, 11) is 0. The molecule has 0 saturated heterocycles. The lowest BCUT2D eigenvalue weighted by Crippen LogP contribution is -2.51. The number of carbonyl (C=O) groups is 2. The quantitative estimate of drug-likeness (QED) is 0.697. The van der Waals surface area contributed by atoms with E-state index in [4.69, 9.17) is 4.74 Å². The topological polar surface area (TPSA) is 58.6 Å². The molecule has 0 spiro atoms. The van der Waals surface area contributed by atoms with Crippen molar-refractivity contribution < 1.29 is 14.3 Å². The summed E-state index contributed by atoms with van der Waals surface area (Å²) in [6.45, 7) is 9.93. The van der Waals surface area contributed by atoms with Crippen LogP contribution in [0.3, 0.4) is 0 Å². The van der Waals surface area contributed by atoms with Gasteiger partial charge in [0, 0.05) is 12.6 Å². The maximum atomic E-state index is 13.1. The van der Waals surface area contributed by atoms with E-state index in [1.54, 1.807) is 4.90 Å². The number of hydrogen-bond acceptors (Lipinski definition) is 3. The molecule has 0 aliphatic carbocycles. The van der Waals surface area contributed by atoms with E-state index in [-0.39, 0.29) is 24.5 Å². The molecule has 0 bridgehead atoms. The molecular weight excluding hydrogens is 364 g/mol. The van der Waals surface area contributed by atoms with Gasteiger partial charge in [-0.2, -0.15) is 0 Å². The fraction of sp³-hybridized carbons (Fsp3) is 0.417. The van der Waals surface area contributed by atoms with Gasteiger partial charge in [-0.05, 0) is 56.9 Å². The smallest absolute Gasteiger partial charge is 0.261 e. The molecule has 0 heterocycles. The van der Waals surface area contributed by atoms with Crippen LogP contribution in [-0.4, -0.2) is 35.4 Å². The third kappa shape index (κ3) is 6.63. The van der Waals surface area contributed by atoms with E-state index in [1.807, 2.05) is 83.1 Å². The minimum absolute atomic E-state index is 0.0106. The average molecular weight is 397 g/mol. The standard InChI is InChI=1S/C24H32N2O3/c1-6-21(24(28)25-17(2)3)26(15-20-10-8-7-9-11-20)23(27)16-29-22-14-18(4)12-13-19(22)5/h7-14,17,21H,6,15-16H2,1-5H3,(H,25,28). The molecule has 1 N–H and O–H groups in total. The number of benzene rings is 2.